The normalized spacial score (nSPS) is 17.3. The maximum absolute atomic E-state index is 12.3. The zero-order chi connectivity index (χ0) is 17.8. The van der Waals surface area contributed by atoms with Gasteiger partial charge < -0.3 is 0 Å². The van der Waals surface area contributed by atoms with E-state index in [1.54, 1.807) is 19.2 Å². The molecule has 0 atom stereocenters. The van der Waals surface area contributed by atoms with Crippen LogP contribution in [0.5, 0.6) is 0 Å². The molecule has 1 aromatic rings. The van der Waals surface area contributed by atoms with E-state index in [2.05, 4.69) is 4.72 Å². The summed E-state index contributed by atoms with van der Waals surface area (Å²) in [6.07, 6.45) is 5.61. The van der Waals surface area contributed by atoms with Crippen molar-refractivity contribution in [1.29, 1.82) is 0 Å². The SMILES string of the molecule is CN(C1CCCCC1)S(=O)(=O)NCCc1ccc(S(N)(=O)=O)cc1. The molecule has 0 saturated heterocycles. The van der Waals surface area contributed by atoms with Crippen molar-refractivity contribution in [2.45, 2.75) is 49.5 Å². The van der Waals surface area contributed by atoms with Crippen LogP contribution in [0.25, 0.3) is 0 Å². The molecule has 1 fully saturated rings. The van der Waals surface area contributed by atoms with Gasteiger partial charge in [-0.15, -0.1) is 0 Å². The highest BCUT2D eigenvalue weighted by atomic mass is 32.2. The van der Waals surface area contributed by atoms with E-state index in [1.807, 2.05) is 0 Å². The molecular formula is C15H25N3O4S2. The molecule has 0 aliphatic heterocycles. The molecule has 7 nitrogen and oxygen atoms in total. The molecular weight excluding hydrogens is 350 g/mol. The summed E-state index contributed by atoms with van der Waals surface area (Å²) in [5, 5.41) is 5.04. The van der Waals surface area contributed by atoms with Gasteiger partial charge in [-0.2, -0.15) is 12.7 Å². The van der Waals surface area contributed by atoms with Gasteiger partial charge in [0, 0.05) is 19.6 Å². The zero-order valence-corrected chi connectivity index (χ0v) is 15.4. The summed E-state index contributed by atoms with van der Waals surface area (Å²) in [4.78, 5) is 0.0452. The van der Waals surface area contributed by atoms with Crippen molar-refractivity contribution >= 4 is 20.2 Å². The van der Waals surface area contributed by atoms with Crippen molar-refractivity contribution in [2.75, 3.05) is 13.6 Å². The first-order valence-electron chi connectivity index (χ1n) is 8.04. The van der Waals surface area contributed by atoms with E-state index in [0.29, 0.717) is 6.42 Å². The van der Waals surface area contributed by atoms with Gasteiger partial charge in [0.15, 0.2) is 0 Å². The molecule has 0 radical (unpaired) electrons. The van der Waals surface area contributed by atoms with Crippen LogP contribution < -0.4 is 9.86 Å². The quantitative estimate of drug-likeness (QED) is 0.740. The van der Waals surface area contributed by atoms with E-state index in [1.165, 1.54) is 22.9 Å². The molecule has 9 heteroatoms. The summed E-state index contributed by atoms with van der Waals surface area (Å²) in [5.74, 6) is 0. The molecule has 0 amide bonds. The Morgan fingerprint density at radius 3 is 2.21 bits per heavy atom. The van der Waals surface area contributed by atoms with E-state index in [-0.39, 0.29) is 17.5 Å². The van der Waals surface area contributed by atoms with Gasteiger partial charge >= 0.3 is 0 Å². The minimum atomic E-state index is -3.71. The predicted octanol–water partition coefficient (Wildman–Crippen LogP) is 0.975. The van der Waals surface area contributed by atoms with Gasteiger partial charge in [-0.3, -0.25) is 0 Å². The lowest BCUT2D eigenvalue weighted by atomic mass is 9.96. The van der Waals surface area contributed by atoms with Crippen LogP contribution in [0, 0.1) is 0 Å². The Morgan fingerprint density at radius 2 is 1.67 bits per heavy atom. The molecule has 0 spiro atoms. The van der Waals surface area contributed by atoms with Gasteiger partial charge in [-0.1, -0.05) is 31.4 Å². The fourth-order valence-electron chi connectivity index (χ4n) is 2.91. The number of nitrogens with zero attached hydrogens (tertiary/aromatic N) is 1. The van der Waals surface area contributed by atoms with Crippen molar-refractivity contribution in [3.05, 3.63) is 29.8 Å². The van der Waals surface area contributed by atoms with Crippen molar-refractivity contribution < 1.29 is 16.8 Å². The number of hydrogen-bond acceptors (Lipinski definition) is 4. The van der Waals surface area contributed by atoms with E-state index >= 15 is 0 Å². The lowest BCUT2D eigenvalue weighted by molar-refractivity contribution is 0.283. The highest BCUT2D eigenvalue weighted by Crippen LogP contribution is 2.22. The van der Waals surface area contributed by atoms with Gasteiger partial charge in [0.1, 0.15) is 0 Å². The lowest BCUT2D eigenvalue weighted by Gasteiger charge is -2.30. The van der Waals surface area contributed by atoms with Crippen LogP contribution >= 0.6 is 0 Å². The van der Waals surface area contributed by atoms with Crippen molar-refractivity contribution in [2.24, 2.45) is 5.14 Å². The smallest absolute Gasteiger partial charge is 0.225 e. The van der Waals surface area contributed by atoms with Gasteiger partial charge in [-0.25, -0.2) is 18.3 Å². The molecule has 3 N–H and O–H groups in total. The largest absolute Gasteiger partial charge is 0.279 e. The van der Waals surface area contributed by atoms with Crippen LogP contribution in [0.2, 0.25) is 0 Å². The van der Waals surface area contributed by atoms with Crippen LogP contribution in [0.1, 0.15) is 37.7 Å². The van der Waals surface area contributed by atoms with Crippen molar-refractivity contribution in [3.63, 3.8) is 0 Å². The molecule has 136 valence electrons. The van der Waals surface area contributed by atoms with Crippen molar-refractivity contribution in [1.82, 2.24) is 9.03 Å². The van der Waals surface area contributed by atoms with Crippen LogP contribution in [-0.2, 0) is 26.7 Å². The second-order valence-electron chi connectivity index (χ2n) is 6.15. The zero-order valence-electron chi connectivity index (χ0n) is 13.8. The first-order chi connectivity index (χ1) is 11.2. The second-order valence-corrected chi connectivity index (χ2v) is 9.52. The average Bonchev–Trinajstić information content (AvgIpc) is 2.54. The summed E-state index contributed by atoms with van der Waals surface area (Å²) >= 11 is 0. The first-order valence-corrected chi connectivity index (χ1v) is 11.0. The molecule has 1 saturated carbocycles. The van der Waals surface area contributed by atoms with E-state index in [9.17, 15) is 16.8 Å². The van der Waals surface area contributed by atoms with Crippen LogP contribution in [-0.4, -0.2) is 40.8 Å². The van der Waals surface area contributed by atoms with Crippen LogP contribution in [0.3, 0.4) is 0 Å². The highest BCUT2D eigenvalue weighted by Gasteiger charge is 2.26. The molecule has 1 aliphatic rings. The highest BCUT2D eigenvalue weighted by molar-refractivity contribution is 7.89. The number of primary sulfonamides is 1. The molecule has 24 heavy (non-hydrogen) atoms. The number of sulfonamides is 1. The third-order valence-corrected chi connectivity index (χ3v) is 6.97. The fraction of sp³-hybridized carbons (Fsp3) is 0.600. The van der Waals surface area contributed by atoms with Gasteiger partial charge in [-0.05, 0) is 37.0 Å². The minimum absolute atomic E-state index is 0.0452. The third-order valence-electron chi connectivity index (χ3n) is 4.42. The Balaban J connectivity index is 1.88. The standard InChI is InChI=1S/C15H25N3O4S2/c1-18(14-5-3-2-4-6-14)24(21,22)17-12-11-13-7-9-15(10-8-13)23(16,19)20/h7-10,14,17H,2-6,11-12H2,1H3,(H2,16,19,20). The molecule has 0 aromatic heterocycles. The van der Waals surface area contributed by atoms with Crippen LogP contribution in [0.15, 0.2) is 29.2 Å². The lowest BCUT2D eigenvalue weighted by Crippen LogP contribution is -2.45. The average molecular weight is 376 g/mol. The number of hydrogen-bond donors (Lipinski definition) is 2. The van der Waals surface area contributed by atoms with Gasteiger partial charge in [0.25, 0.3) is 10.2 Å². The topological polar surface area (TPSA) is 110 Å². The maximum Gasteiger partial charge on any atom is 0.279 e. The molecule has 0 bridgehead atoms. The Bertz CT molecular complexity index is 739. The monoisotopic (exact) mass is 375 g/mol. The van der Waals surface area contributed by atoms with Gasteiger partial charge in [0.2, 0.25) is 10.0 Å². The molecule has 2 rings (SSSR count). The van der Waals surface area contributed by atoms with E-state index in [0.717, 1.165) is 31.2 Å². The Morgan fingerprint density at radius 1 is 1.08 bits per heavy atom. The van der Waals surface area contributed by atoms with Crippen LogP contribution in [0.4, 0.5) is 0 Å². The van der Waals surface area contributed by atoms with Gasteiger partial charge in [0.05, 0.1) is 4.90 Å². The number of nitrogens with two attached hydrogens (primary N) is 1. The summed E-state index contributed by atoms with van der Waals surface area (Å²) < 4.78 is 51.1. The Hall–Kier alpha value is -1.00. The Labute approximate surface area is 144 Å². The predicted molar refractivity (Wildman–Crippen MR) is 93.1 cm³/mol. The minimum Gasteiger partial charge on any atom is -0.225 e. The molecule has 0 heterocycles. The van der Waals surface area contributed by atoms with E-state index in [4.69, 9.17) is 5.14 Å². The summed E-state index contributed by atoms with van der Waals surface area (Å²) in [7, 11) is -5.58. The molecule has 0 unspecified atom stereocenters. The summed E-state index contributed by atoms with van der Waals surface area (Å²) in [6.45, 7) is 0.258. The number of benzene rings is 1. The first kappa shape index (κ1) is 19.3. The third kappa shape index (κ3) is 5.25. The maximum atomic E-state index is 12.3. The number of rotatable bonds is 7. The summed E-state index contributed by atoms with van der Waals surface area (Å²) in [5.41, 5.74) is 0.838. The molecule has 1 aromatic carbocycles. The van der Waals surface area contributed by atoms with Crippen molar-refractivity contribution in [3.8, 4) is 0 Å². The van der Waals surface area contributed by atoms with E-state index < -0.39 is 20.2 Å². The summed E-state index contributed by atoms with van der Waals surface area (Å²) in [6, 6.07) is 6.20. The number of nitrogens with one attached hydrogen (secondary N) is 1. The Kier molecular flexibility index (Phi) is 6.38. The fourth-order valence-corrected chi connectivity index (χ4v) is 4.60. The molecule has 1 aliphatic carbocycles. The second kappa shape index (κ2) is 7.92.